The molecule has 0 spiro atoms. The zero-order chi connectivity index (χ0) is 15.6. The molecule has 0 fully saturated rings. The number of benzene rings is 1. The molecular weight excluding hydrogens is 290 g/mol. The second kappa shape index (κ2) is 6.14. The topological polar surface area (TPSA) is 59.3 Å². The minimum atomic E-state index is -0.948. The summed E-state index contributed by atoms with van der Waals surface area (Å²) in [6.07, 6.45) is 0. The third-order valence-electron chi connectivity index (χ3n) is 3.51. The second-order valence-corrected chi connectivity index (χ2v) is 5.20. The molecule has 0 bridgehead atoms. The van der Waals surface area contributed by atoms with E-state index >= 15 is 0 Å². The number of aryl methyl sites for hydroxylation is 1. The summed E-state index contributed by atoms with van der Waals surface area (Å²) in [4.78, 5) is 22.8. The maximum atomic E-state index is 11.8. The third-order valence-corrected chi connectivity index (χ3v) is 3.75. The number of aromatic carboxylic acids is 1. The van der Waals surface area contributed by atoms with Crippen LogP contribution in [0.2, 0.25) is 0 Å². The number of hydrogen-bond acceptors (Lipinski definition) is 2. The molecular formula is C16H16ClNO3. The van der Waals surface area contributed by atoms with Crippen LogP contribution in [-0.4, -0.2) is 27.3 Å². The zero-order valence-corrected chi connectivity index (χ0v) is 12.6. The Kier molecular flexibility index (Phi) is 4.48. The van der Waals surface area contributed by atoms with Crippen molar-refractivity contribution in [3.63, 3.8) is 0 Å². The first-order valence-corrected chi connectivity index (χ1v) is 7.05. The highest BCUT2D eigenvalue weighted by molar-refractivity contribution is 6.30. The second-order valence-electron chi connectivity index (χ2n) is 4.93. The number of hydrogen-bond donors (Lipinski definition) is 1. The van der Waals surface area contributed by atoms with Crippen molar-refractivity contribution < 1.29 is 14.7 Å². The molecule has 0 aliphatic carbocycles. The molecule has 0 aliphatic rings. The molecule has 4 nitrogen and oxygen atoms in total. The van der Waals surface area contributed by atoms with Gasteiger partial charge in [0, 0.05) is 23.5 Å². The number of Topliss-reactive ketones (excluding diaryl/α,β-unsaturated/α-hetero) is 1. The lowest BCUT2D eigenvalue weighted by Gasteiger charge is -2.10. The van der Waals surface area contributed by atoms with E-state index in [1.54, 1.807) is 18.2 Å². The predicted molar refractivity (Wildman–Crippen MR) is 81.5 cm³/mol. The van der Waals surface area contributed by atoms with Gasteiger partial charge in [-0.05, 0) is 37.6 Å². The van der Waals surface area contributed by atoms with Crippen LogP contribution in [-0.2, 0) is 6.54 Å². The molecule has 110 valence electrons. The third kappa shape index (κ3) is 3.16. The number of aromatic nitrogens is 1. The van der Waals surface area contributed by atoms with Gasteiger partial charge >= 0.3 is 5.97 Å². The average Bonchev–Trinajstić information content (AvgIpc) is 2.75. The summed E-state index contributed by atoms with van der Waals surface area (Å²) >= 11 is 5.61. The minimum absolute atomic E-state index is 0.0429. The van der Waals surface area contributed by atoms with Crippen molar-refractivity contribution in [2.75, 3.05) is 5.88 Å². The molecule has 1 heterocycles. The monoisotopic (exact) mass is 305 g/mol. The van der Waals surface area contributed by atoms with Crippen LogP contribution in [0.3, 0.4) is 0 Å². The number of nitrogens with zero attached hydrogens (tertiary/aromatic N) is 1. The Morgan fingerprint density at radius 2 is 1.95 bits per heavy atom. The number of halogens is 1. The number of carboxylic acids is 1. The van der Waals surface area contributed by atoms with Crippen molar-refractivity contribution in [3.8, 4) is 0 Å². The van der Waals surface area contributed by atoms with Gasteiger partial charge in [0.05, 0.1) is 11.4 Å². The fourth-order valence-electron chi connectivity index (χ4n) is 2.38. The molecule has 0 radical (unpaired) electrons. The van der Waals surface area contributed by atoms with Gasteiger partial charge in [-0.2, -0.15) is 0 Å². The van der Waals surface area contributed by atoms with E-state index in [-0.39, 0.29) is 17.2 Å². The highest BCUT2D eigenvalue weighted by Gasteiger charge is 2.15. The van der Waals surface area contributed by atoms with Gasteiger partial charge in [-0.25, -0.2) is 4.79 Å². The first-order chi connectivity index (χ1) is 9.93. The number of carbonyl (C=O) groups is 2. The summed E-state index contributed by atoms with van der Waals surface area (Å²) in [6.45, 7) is 4.31. The normalized spacial score (nSPS) is 10.6. The van der Waals surface area contributed by atoms with Gasteiger partial charge < -0.3 is 9.67 Å². The fourth-order valence-corrected chi connectivity index (χ4v) is 2.53. The molecule has 21 heavy (non-hydrogen) atoms. The Bertz CT molecular complexity index is 704. The van der Waals surface area contributed by atoms with Crippen LogP contribution in [0.1, 0.15) is 37.7 Å². The number of ketones is 1. The highest BCUT2D eigenvalue weighted by atomic mass is 35.5. The lowest BCUT2D eigenvalue weighted by atomic mass is 10.1. The largest absolute Gasteiger partial charge is 0.478 e. The van der Waals surface area contributed by atoms with Gasteiger partial charge in [-0.3, -0.25) is 4.79 Å². The summed E-state index contributed by atoms with van der Waals surface area (Å²) < 4.78 is 1.99. The van der Waals surface area contributed by atoms with Gasteiger partial charge in [0.1, 0.15) is 0 Å². The van der Waals surface area contributed by atoms with E-state index in [1.165, 1.54) is 0 Å². The predicted octanol–water partition coefficient (Wildman–Crippen LogP) is 3.27. The van der Waals surface area contributed by atoms with Gasteiger partial charge in [0.25, 0.3) is 0 Å². The van der Waals surface area contributed by atoms with Crippen LogP contribution in [0.5, 0.6) is 0 Å². The van der Waals surface area contributed by atoms with E-state index in [0.29, 0.717) is 12.1 Å². The van der Waals surface area contributed by atoms with Crippen LogP contribution in [0.25, 0.3) is 0 Å². The molecule has 0 amide bonds. The smallest absolute Gasteiger partial charge is 0.335 e. The molecule has 5 heteroatoms. The van der Waals surface area contributed by atoms with Gasteiger partial charge in [-0.1, -0.05) is 12.1 Å². The van der Waals surface area contributed by atoms with Gasteiger partial charge in [0.15, 0.2) is 5.78 Å². The molecule has 2 aromatic rings. The van der Waals surface area contributed by atoms with Crippen LogP contribution in [0, 0.1) is 13.8 Å². The van der Waals surface area contributed by atoms with E-state index in [4.69, 9.17) is 16.7 Å². The lowest BCUT2D eigenvalue weighted by Crippen LogP contribution is -2.07. The molecule has 2 rings (SSSR count). The average molecular weight is 306 g/mol. The Morgan fingerprint density at radius 1 is 1.24 bits per heavy atom. The molecule has 0 atom stereocenters. The summed E-state index contributed by atoms with van der Waals surface area (Å²) in [5, 5.41) is 9.03. The Labute approximate surface area is 128 Å². The molecule has 0 unspecified atom stereocenters. The van der Waals surface area contributed by atoms with Crippen molar-refractivity contribution in [2.24, 2.45) is 0 Å². The Balaban J connectivity index is 2.36. The molecule has 0 saturated carbocycles. The number of rotatable bonds is 5. The van der Waals surface area contributed by atoms with Crippen LogP contribution in [0.4, 0.5) is 0 Å². The van der Waals surface area contributed by atoms with Crippen molar-refractivity contribution >= 4 is 23.4 Å². The Hall–Kier alpha value is -2.07. The number of alkyl halides is 1. The first kappa shape index (κ1) is 15.3. The SMILES string of the molecule is Cc1cc(C(=O)CCl)c(C)n1Cc1cccc(C(=O)O)c1. The first-order valence-electron chi connectivity index (χ1n) is 6.52. The van der Waals surface area contributed by atoms with Gasteiger partial charge in [-0.15, -0.1) is 11.6 Å². The van der Waals surface area contributed by atoms with Crippen molar-refractivity contribution in [1.82, 2.24) is 4.57 Å². The molecule has 1 N–H and O–H groups in total. The lowest BCUT2D eigenvalue weighted by molar-refractivity contribution is 0.0696. The molecule has 0 aliphatic heterocycles. The molecule has 0 saturated heterocycles. The van der Waals surface area contributed by atoms with Crippen LogP contribution >= 0.6 is 11.6 Å². The minimum Gasteiger partial charge on any atom is -0.478 e. The van der Waals surface area contributed by atoms with E-state index in [2.05, 4.69) is 0 Å². The van der Waals surface area contributed by atoms with Crippen LogP contribution in [0.15, 0.2) is 30.3 Å². The number of carbonyl (C=O) groups excluding carboxylic acids is 1. The Morgan fingerprint density at radius 3 is 2.57 bits per heavy atom. The number of carboxylic acid groups (broad SMARTS) is 1. The molecule has 1 aromatic heterocycles. The fraction of sp³-hybridized carbons (Fsp3) is 0.250. The maximum absolute atomic E-state index is 11.8. The van der Waals surface area contributed by atoms with Crippen molar-refractivity contribution in [2.45, 2.75) is 20.4 Å². The van der Waals surface area contributed by atoms with Crippen molar-refractivity contribution in [3.05, 3.63) is 58.4 Å². The summed E-state index contributed by atoms with van der Waals surface area (Å²) in [5.74, 6) is -1.09. The quantitative estimate of drug-likeness (QED) is 0.681. The maximum Gasteiger partial charge on any atom is 0.335 e. The summed E-state index contributed by atoms with van der Waals surface area (Å²) in [6, 6.07) is 8.61. The highest BCUT2D eigenvalue weighted by Crippen LogP contribution is 2.18. The zero-order valence-electron chi connectivity index (χ0n) is 11.9. The van der Waals surface area contributed by atoms with Crippen LogP contribution < -0.4 is 0 Å². The van der Waals surface area contributed by atoms with E-state index < -0.39 is 5.97 Å². The van der Waals surface area contributed by atoms with E-state index in [9.17, 15) is 9.59 Å². The van der Waals surface area contributed by atoms with Gasteiger partial charge in [0.2, 0.25) is 0 Å². The van der Waals surface area contributed by atoms with Crippen molar-refractivity contribution in [1.29, 1.82) is 0 Å². The van der Waals surface area contributed by atoms with E-state index in [0.717, 1.165) is 17.0 Å². The molecule has 1 aromatic carbocycles. The standard InChI is InChI=1S/C16H16ClNO3/c1-10-6-14(15(19)8-17)11(2)18(10)9-12-4-3-5-13(7-12)16(20)21/h3-7H,8-9H2,1-2H3,(H,20,21). The summed E-state index contributed by atoms with van der Waals surface area (Å²) in [7, 11) is 0. The summed E-state index contributed by atoms with van der Waals surface area (Å²) in [5.41, 5.74) is 3.55. The van der Waals surface area contributed by atoms with E-state index in [1.807, 2.05) is 30.5 Å².